The molecule has 0 aliphatic carbocycles. The van der Waals surface area contributed by atoms with E-state index in [0.717, 1.165) is 0 Å². The van der Waals surface area contributed by atoms with E-state index in [2.05, 4.69) is 5.32 Å². The standard InChI is InChI=1S/C15H15NO3/c1-11(16-15(18)14-8-5-9-19-14)10-13(17)12-6-3-2-4-7-12/h2-9,11H,10H2,1H3,(H,16,18). The highest BCUT2D eigenvalue weighted by molar-refractivity contribution is 5.97. The number of ketones is 1. The van der Waals surface area contributed by atoms with Crippen LogP contribution in [0.25, 0.3) is 0 Å². The lowest BCUT2D eigenvalue weighted by molar-refractivity contribution is 0.0896. The monoisotopic (exact) mass is 257 g/mol. The van der Waals surface area contributed by atoms with Gasteiger partial charge in [0.15, 0.2) is 11.5 Å². The normalized spacial score (nSPS) is 11.8. The van der Waals surface area contributed by atoms with Crippen molar-refractivity contribution < 1.29 is 14.0 Å². The molecule has 0 saturated carbocycles. The van der Waals surface area contributed by atoms with Crippen molar-refractivity contribution in [2.75, 3.05) is 0 Å². The summed E-state index contributed by atoms with van der Waals surface area (Å²) in [6.07, 6.45) is 1.70. The van der Waals surface area contributed by atoms with Gasteiger partial charge in [0, 0.05) is 18.0 Å². The molecule has 4 nitrogen and oxygen atoms in total. The summed E-state index contributed by atoms with van der Waals surface area (Å²) in [6, 6.07) is 12.0. The van der Waals surface area contributed by atoms with Crippen LogP contribution in [0.3, 0.4) is 0 Å². The Balaban J connectivity index is 1.90. The number of amides is 1. The molecule has 1 atom stereocenters. The first-order chi connectivity index (χ1) is 9.16. The summed E-state index contributed by atoms with van der Waals surface area (Å²) in [5.41, 5.74) is 0.654. The molecular formula is C15H15NO3. The van der Waals surface area contributed by atoms with E-state index in [1.54, 1.807) is 31.2 Å². The number of nitrogens with one attached hydrogen (secondary N) is 1. The summed E-state index contributed by atoms with van der Waals surface area (Å²) in [7, 11) is 0. The molecular weight excluding hydrogens is 242 g/mol. The first-order valence-corrected chi connectivity index (χ1v) is 6.09. The predicted octanol–water partition coefficient (Wildman–Crippen LogP) is 2.67. The Morgan fingerprint density at radius 2 is 1.89 bits per heavy atom. The number of hydrogen-bond donors (Lipinski definition) is 1. The van der Waals surface area contributed by atoms with Crippen molar-refractivity contribution in [1.82, 2.24) is 5.32 Å². The summed E-state index contributed by atoms with van der Waals surface area (Å²) in [5, 5.41) is 2.73. The number of carbonyl (C=O) groups is 2. The molecule has 0 spiro atoms. The molecule has 0 aliphatic heterocycles. The predicted molar refractivity (Wildman–Crippen MR) is 71.0 cm³/mol. The van der Waals surface area contributed by atoms with Gasteiger partial charge in [-0.3, -0.25) is 9.59 Å². The second-order valence-corrected chi connectivity index (χ2v) is 4.35. The quantitative estimate of drug-likeness (QED) is 0.838. The van der Waals surface area contributed by atoms with Crippen LogP contribution in [0.4, 0.5) is 0 Å². The van der Waals surface area contributed by atoms with Crippen LogP contribution in [0.15, 0.2) is 53.1 Å². The Hall–Kier alpha value is -2.36. The Labute approximate surface area is 111 Å². The minimum atomic E-state index is -0.307. The molecule has 19 heavy (non-hydrogen) atoms. The van der Waals surface area contributed by atoms with Crippen molar-refractivity contribution >= 4 is 11.7 Å². The fourth-order valence-corrected chi connectivity index (χ4v) is 1.77. The van der Waals surface area contributed by atoms with E-state index in [-0.39, 0.29) is 29.9 Å². The summed E-state index contributed by atoms with van der Waals surface area (Å²) in [4.78, 5) is 23.7. The van der Waals surface area contributed by atoms with E-state index in [9.17, 15) is 9.59 Å². The van der Waals surface area contributed by atoms with E-state index >= 15 is 0 Å². The Kier molecular flexibility index (Phi) is 4.13. The van der Waals surface area contributed by atoms with Gasteiger partial charge in [0.2, 0.25) is 0 Å². The van der Waals surface area contributed by atoms with E-state index in [4.69, 9.17) is 4.42 Å². The van der Waals surface area contributed by atoms with E-state index in [1.807, 2.05) is 18.2 Å². The molecule has 0 aliphatic rings. The molecule has 98 valence electrons. The second kappa shape index (κ2) is 6.00. The van der Waals surface area contributed by atoms with Gasteiger partial charge in [-0.2, -0.15) is 0 Å². The number of furan rings is 1. The zero-order chi connectivity index (χ0) is 13.7. The molecule has 1 amide bonds. The van der Waals surface area contributed by atoms with Gasteiger partial charge < -0.3 is 9.73 Å². The minimum Gasteiger partial charge on any atom is -0.459 e. The van der Waals surface area contributed by atoms with Crippen LogP contribution < -0.4 is 5.32 Å². The summed E-state index contributed by atoms with van der Waals surface area (Å²) in [6.45, 7) is 1.79. The largest absolute Gasteiger partial charge is 0.459 e. The maximum absolute atomic E-state index is 11.9. The Morgan fingerprint density at radius 3 is 2.53 bits per heavy atom. The van der Waals surface area contributed by atoms with Gasteiger partial charge in [0.25, 0.3) is 5.91 Å². The molecule has 1 heterocycles. The summed E-state index contributed by atoms with van der Waals surface area (Å²) >= 11 is 0. The SMILES string of the molecule is CC(CC(=O)c1ccccc1)NC(=O)c1ccco1. The van der Waals surface area contributed by atoms with E-state index in [1.165, 1.54) is 6.26 Å². The van der Waals surface area contributed by atoms with Crippen molar-refractivity contribution in [3.8, 4) is 0 Å². The van der Waals surface area contributed by atoms with Gasteiger partial charge >= 0.3 is 0 Å². The van der Waals surface area contributed by atoms with Gasteiger partial charge in [-0.25, -0.2) is 0 Å². The summed E-state index contributed by atoms with van der Waals surface area (Å²) < 4.78 is 4.99. The molecule has 2 rings (SSSR count). The van der Waals surface area contributed by atoms with Crippen molar-refractivity contribution in [1.29, 1.82) is 0 Å². The number of benzene rings is 1. The van der Waals surface area contributed by atoms with E-state index < -0.39 is 0 Å². The average Bonchev–Trinajstić information content (AvgIpc) is 2.93. The maximum Gasteiger partial charge on any atom is 0.287 e. The third kappa shape index (κ3) is 3.55. The Morgan fingerprint density at radius 1 is 1.16 bits per heavy atom. The first kappa shape index (κ1) is 13.1. The number of carbonyl (C=O) groups excluding carboxylic acids is 2. The van der Waals surface area contributed by atoms with Gasteiger partial charge in [-0.1, -0.05) is 30.3 Å². The lowest BCUT2D eigenvalue weighted by Gasteiger charge is -2.12. The highest BCUT2D eigenvalue weighted by Crippen LogP contribution is 2.06. The van der Waals surface area contributed by atoms with Gasteiger partial charge in [-0.15, -0.1) is 0 Å². The molecule has 1 N–H and O–H groups in total. The van der Waals surface area contributed by atoms with Crippen LogP contribution >= 0.6 is 0 Å². The van der Waals surface area contributed by atoms with Crippen LogP contribution in [-0.2, 0) is 0 Å². The van der Waals surface area contributed by atoms with Crippen LogP contribution in [0, 0.1) is 0 Å². The average molecular weight is 257 g/mol. The molecule has 1 unspecified atom stereocenters. The van der Waals surface area contributed by atoms with Crippen LogP contribution in [0.2, 0.25) is 0 Å². The zero-order valence-corrected chi connectivity index (χ0v) is 10.6. The first-order valence-electron chi connectivity index (χ1n) is 6.09. The van der Waals surface area contributed by atoms with Gasteiger partial charge in [0.1, 0.15) is 0 Å². The van der Waals surface area contributed by atoms with Gasteiger partial charge in [-0.05, 0) is 19.1 Å². The molecule has 1 aromatic carbocycles. The van der Waals surface area contributed by atoms with Crippen molar-refractivity contribution in [3.05, 3.63) is 60.1 Å². The zero-order valence-electron chi connectivity index (χ0n) is 10.6. The van der Waals surface area contributed by atoms with Crippen LogP contribution in [-0.4, -0.2) is 17.7 Å². The number of Topliss-reactive ketones (excluding diaryl/α,β-unsaturated/α-hetero) is 1. The van der Waals surface area contributed by atoms with Crippen LogP contribution in [0.1, 0.15) is 34.3 Å². The summed E-state index contributed by atoms with van der Waals surface area (Å²) in [5.74, 6) is -0.0507. The second-order valence-electron chi connectivity index (χ2n) is 4.35. The minimum absolute atomic E-state index is 0.00726. The van der Waals surface area contributed by atoms with Crippen molar-refractivity contribution in [2.45, 2.75) is 19.4 Å². The molecule has 0 bridgehead atoms. The fraction of sp³-hybridized carbons (Fsp3) is 0.200. The highest BCUT2D eigenvalue weighted by atomic mass is 16.3. The smallest absolute Gasteiger partial charge is 0.287 e. The molecule has 0 fully saturated rings. The van der Waals surface area contributed by atoms with Crippen molar-refractivity contribution in [3.63, 3.8) is 0 Å². The van der Waals surface area contributed by atoms with Crippen LogP contribution in [0.5, 0.6) is 0 Å². The van der Waals surface area contributed by atoms with E-state index in [0.29, 0.717) is 5.56 Å². The molecule has 4 heteroatoms. The maximum atomic E-state index is 11.9. The fourth-order valence-electron chi connectivity index (χ4n) is 1.77. The third-order valence-corrected chi connectivity index (χ3v) is 2.71. The number of hydrogen-bond acceptors (Lipinski definition) is 3. The van der Waals surface area contributed by atoms with Crippen molar-refractivity contribution in [2.24, 2.45) is 0 Å². The third-order valence-electron chi connectivity index (χ3n) is 2.71. The lowest BCUT2D eigenvalue weighted by atomic mass is 10.0. The molecule has 2 aromatic rings. The Bertz CT molecular complexity index is 546. The van der Waals surface area contributed by atoms with Gasteiger partial charge in [0.05, 0.1) is 6.26 Å². The molecule has 0 radical (unpaired) electrons. The topological polar surface area (TPSA) is 59.3 Å². The molecule has 1 aromatic heterocycles. The highest BCUT2D eigenvalue weighted by Gasteiger charge is 2.15. The molecule has 0 saturated heterocycles. The lowest BCUT2D eigenvalue weighted by Crippen LogP contribution is -2.34. The number of rotatable bonds is 5.